The maximum atomic E-state index is 13.3. The fourth-order valence-electron chi connectivity index (χ4n) is 2.75. The fourth-order valence-corrected chi connectivity index (χ4v) is 3.20. The van der Waals surface area contributed by atoms with Crippen molar-refractivity contribution in [3.05, 3.63) is 59.9 Å². The largest absolute Gasteiger partial charge is 0.339 e. The van der Waals surface area contributed by atoms with Gasteiger partial charge in [-0.25, -0.2) is 22.9 Å². The molecule has 1 aliphatic carbocycles. The van der Waals surface area contributed by atoms with Crippen LogP contribution in [0.2, 0.25) is 0 Å². The van der Waals surface area contributed by atoms with E-state index >= 15 is 0 Å². The van der Waals surface area contributed by atoms with E-state index in [1.165, 1.54) is 24.4 Å². The lowest BCUT2D eigenvalue weighted by Gasteiger charge is -2.00. The van der Waals surface area contributed by atoms with E-state index in [0.29, 0.717) is 17.3 Å². The molecule has 9 heteroatoms. The van der Waals surface area contributed by atoms with Crippen LogP contribution < -0.4 is 5.14 Å². The molecule has 0 amide bonds. The lowest BCUT2D eigenvalue weighted by molar-refractivity contribution is 0.378. The number of halogens is 1. The van der Waals surface area contributed by atoms with Gasteiger partial charge in [-0.1, -0.05) is 23.4 Å². The number of pyridine rings is 1. The Bertz CT molecular complexity index is 1030. The van der Waals surface area contributed by atoms with Gasteiger partial charge in [0.2, 0.25) is 11.7 Å². The first-order chi connectivity index (χ1) is 11.9. The minimum atomic E-state index is -3.80. The van der Waals surface area contributed by atoms with Gasteiger partial charge in [0.05, 0.1) is 0 Å². The number of sulfonamides is 1. The molecule has 7 nitrogen and oxygen atoms in total. The van der Waals surface area contributed by atoms with Gasteiger partial charge in [0.25, 0.3) is 10.0 Å². The second-order valence-electron chi connectivity index (χ2n) is 5.89. The first-order valence-electron chi connectivity index (χ1n) is 7.50. The Morgan fingerprint density at radius 3 is 2.72 bits per heavy atom. The standard InChI is InChI=1S/C16H13FN4O3S/c17-11-3-1-2-9(6-11)15-20-16(24-21-15)13-7-12(13)10-4-5-14(19-8-10)25(18,22)23/h1-6,8,12-13H,7H2,(H2,18,22,23)/t12-,13+/m0/s1. The van der Waals surface area contributed by atoms with Crippen molar-refractivity contribution < 1.29 is 17.3 Å². The highest BCUT2D eigenvalue weighted by Crippen LogP contribution is 2.54. The Morgan fingerprint density at radius 2 is 2.04 bits per heavy atom. The fraction of sp³-hybridized carbons (Fsp3) is 0.188. The monoisotopic (exact) mass is 360 g/mol. The highest BCUT2D eigenvalue weighted by molar-refractivity contribution is 7.89. The van der Waals surface area contributed by atoms with Crippen LogP contribution in [-0.4, -0.2) is 23.5 Å². The zero-order valence-corrected chi connectivity index (χ0v) is 13.6. The number of aromatic nitrogens is 3. The minimum Gasteiger partial charge on any atom is -0.339 e. The van der Waals surface area contributed by atoms with Crippen LogP contribution in [0.25, 0.3) is 11.4 Å². The topological polar surface area (TPSA) is 112 Å². The summed E-state index contributed by atoms with van der Waals surface area (Å²) in [5.74, 6) is 0.608. The summed E-state index contributed by atoms with van der Waals surface area (Å²) in [6, 6.07) is 9.04. The highest BCUT2D eigenvalue weighted by atomic mass is 32.2. The number of hydrogen-bond donors (Lipinski definition) is 1. The molecule has 128 valence electrons. The Balaban J connectivity index is 1.52. The summed E-state index contributed by atoms with van der Waals surface area (Å²) in [4.78, 5) is 8.22. The van der Waals surface area contributed by atoms with E-state index in [9.17, 15) is 12.8 Å². The molecule has 2 heterocycles. The van der Waals surface area contributed by atoms with Crippen LogP contribution in [0.3, 0.4) is 0 Å². The van der Waals surface area contributed by atoms with Crippen LogP contribution in [0.1, 0.15) is 29.7 Å². The number of primary sulfonamides is 1. The van der Waals surface area contributed by atoms with Gasteiger partial charge >= 0.3 is 0 Å². The Kier molecular flexibility index (Phi) is 3.62. The van der Waals surface area contributed by atoms with Crippen LogP contribution in [0, 0.1) is 5.82 Å². The molecule has 1 aliphatic rings. The summed E-state index contributed by atoms with van der Waals surface area (Å²) >= 11 is 0. The third kappa shape index (κ3) is 3.15. The van der Waals surface area contributed by atoms with E-state index in [2.05, 4.69) is 15.1 Å². The molecule has 1 saturated carbocycles. The molecule has 0 aliphatic heterocycles. The minimum absolute atomic E-state index is 0.0388. The lowest BCUT2D eigenvalue weighted by Crippen LogP contribution is -2.13. The summed E-state index contributed by atoms with van der Waals surface area (Å²) < 4.78 is 41.0. The van der Waals surface area contributed by atoms with E-state index in [1.54, 1.807) is 18.2 Å². The summed E-state index contributed by atoms with van der Waals surface area (Å²) in [6.07, 6.45) is 2.29. The molecule has 3 aromatic rings. The van der Waals surface area contributed by atoms with Crippen molar-refractivity contribution in [1.82, 2.24) is 15.1 Å². The molecule has 0 unspecified atom stereocenters. The van der Waals surface area contributed by atoms with Crippen molar-refractivity contribution in [2.45, 2.75) is 23.3 Å². The van der Waals surface area contributed by atoms with Gasteiger partial charge in [0, 0.05) is 17.7 Å². The summed E-state index contributed by atoms with van der Waals surface area (Å²) in [5.41, 5.74) is 1.43. The molecular weight excluding hydrogens is 347 g/mol. The van der Waals surface area contributed by atoms with Crippen molar-refractivity contribution in [1.29, 1.82) is 0 Å². The molecular formula is C16H13FN4O3S. The van der Waals surface area contributed by atoms with E-state index in [0.717, 1.165) is 12.0 Å². The third-order valence-electron chi connectivity index (χ3n) is 4.11. The smallest absolute Gasteiger partial charge is 0.255 e. The number of nitrogens with zero attached hydrogens (tertiary/aromatic N) is 3. The number of benzene rings is 1. The second kappa shape index (κ2) is 5.71. The van der Waals surface area contributed by atoms with Crippen molar-refractivity contribution in [2.75, 3.05) is 0 Å². The Hall–Kier alpha value is -2.65. The first-order valence-corrected chi connectivity index (χ1v) is 9.05. The lowest BCUT2D eigenvalue weighted by atomic mass is 10.1. The molecule has 2 N–H and O–H groups in total. The average Bonchev–Trinajstić information content (AvgIpc) is 3.22. The van der Waals surface area contributed by atoms with E-state index in [1.807, 2.05) is 0 Å². The number of rotatable bonds is 4. The number of hydrogen-bond acceptors (Lipinski definition) is 6. The molecule has 25 heavy (non-hydrogen) atoms. The van der Waals surface area contributed by atoms with E-state index in [-0.39, 0.29) is 22.7 Å². The number of nitrogens with two attached hydrogens (primary N) is 1. The van der Waals surface area contributed by atoms with Gasteiger partial charge in [0.1, 0.15) is 5.82 Å². The van der Waals surface area contributed by atoms with Gasteiger partial charge in [-0.2, -0.15) is 4.98 Å². The average molecular weight is 360 g/mol. The Labute approximate surface area is 142 Å². The van der Waals surface area contributed by atoms with Crippen LogP contribution in [0.4, 0.5) is 4.39 Å². The van der Waals surface area contributed by atoms with E-state index < -0.39 is 10.0 Å². The van der Waals surface area contributed by atoms with Gasteiger partial charge in [0.15, 0.2) is 5.03 Å². The van der Waals surface area contributed by atoms with Crippen molar-refractivity contribution in [3.8, 4) is 11.4 Å². The molecule has 0 bridgehead atoms. The molecule has 0 radical (unpaired) electrons. The maximum Gasteiger partial charge on any atom is 0.255 e. The van der Waals surface area contributed by atoms with Gasteiger partial charge < -0.3 is 4.52 Å². The molecule has 1 aromatic carbocycles. The molecule has 2 atom stereocenters. The third-order valence-corrected chi connectivity index (χ3v) is 4.94. The predicted octanol–water partition coefficient (Wildman–Crippen LogP) is 2.19. The molecule has 1 fully saturated rings. The van der Waals surface area contributed by atoms with Gasteiger partial charge in [-0.05, 0) is 36.1 Å². The van der Waals surface area contributed by atoms with Crippen molar-refractivity contribution in [3.63, 3.8) is 0 Å². The van der Waals surface area contributed by atoms with Crippen molar-refractivity contribution >= 4 is 10.0 Å². The normalized spacial score (nSPS) is 19.8. The van der Waals surface area contributed by atoms with Crippen molar-refractivity contribution in [2.24, 2.45) is 5.14 Å². The molecule has 4 rings (SSSR count). The molecule has 0 spiro atoms. The molecule has 0 saturated heterocycles. The summed E-state index contributed by atoms with van der Waals surface area (Å²) in [7, 11) is -3.80. The summed E-state index contributed by atoms with van der Waals surface area (Å²) in [5, 5.41) is 8.77. The maximum absolute atomic E-state index is 13.3. The van der Waals surface area contributed by atoms with E-state index in [4.69, 9.17) is 9.66 Å². The van der Waals surface area contributed by atoms with Crippen LogP contribution in [-0.2, 0) is 10.0 Å². The van der Waals surface area contributed by atoms with Crippen LogP contribution in [0.15, 0.2) is 52.1 Å². The highest BCUT2D eigenvalue weighted by Gasteiger charge is 2.44. The quantitative estimate of drug-likeness (QED) is 0.763. The van der Waals surface area contributed by atoms with Gasteiger partial charge in [-0.15, -0.1) is 0 Å². The van der Waals surface area contributed by atoms with Crippen LogP contribution >= 0.6 is 0 Å². The van der Waals surface area contributed by atoms with Crippen LogP contribution in [0.5, 0.6) is 0 Å². The van der Waals surface area contributed by atoms with Gasteiger partial charge in [-0.3, -0.25) is 0 Å². The molecule has 2 aromatic heterocycles. The SMILES string of the molecule is NS(=O)(=O)c1ccc([C@@H]2C[C@H]2c2nc(-c3cccc(F)c3)no2)cn1. The summed E-state index contributed by atoms with van der Waals surface area (Å²) in [6.45, 7) is 0. The zero-order chi connectivity index (χ0) is 17.6. The zero-order valence-electron chi connectivity index (χ0n) is 12.8. The first kappa shape index (κ1) is 15.9. The Morgan fingerprint density at radius 1 is 1.20 bits per heavy atom. The second-order valence-corrected chi connectivity index (χ2v) is 7.40. The predicted molar refractivity (Wildman–Crippen MR) is 85.4 cm³/mol.